The monoisotopic (exact) mass is 388 g/mol. The molecule has 0 aliphatic carbocycles. The number of hydrogen-bond donors (Lipinski definition) is 0. The fourth-order valence-corrected chi connectivity index (χ4v) is 4.09. The van der Waals surface area contributed by atoms with Crippen molar-refractivity contribution in [3.8, 4) is 11.4 Å². The van der Waals surface area contributed by atoms with Crippen LogP contribution in [0.4, 0.5) is 0 Å². The van der Waals surface area contributed by atoms with Crippen LogP contribution in [-0.4, -0.2) is 16.7 Å². The van der Waals surface area contributed by atoms with Gasteiger partial charge in [0.1, 0.15) is 5.75 Å². The molecular weight excluding hydrogens is 368 g/mol. The zero-order valence-electron chi connectivity index (χ0n) is 15.8. The molecule has 0 atom stereocenters. The first-order chi connectivity index (χ1) is 13.7. The van der Waals surface area contributed by atoms with E-state index in [0.29, 0.717) is 21.8 Å². The van der Waals surface area contributed by atoms with Crippen molar-refractivity contribution in [3.63, 3.8) is 0 Å². The van der Waals surface area contributed by atoms with Crippen LogP contribution in [0.25, 0.3) is 16.6 Å². The number of rotatable bonds is 5. The predicted molar refractivity (Wildman–Crippen MR) is 115 cm³/mol. The Morgan fingerprint density at radius 3 is 2.61 bits per heavy atom. The maximum absolute atomic E-state index is 13.3. The van der Waals surface area contributed by atoms with Crippen LogP contribution in [-0.2, 0) is 5.75 Å². The molecule has 0 N–H and O–H groups in total. The SMILES string of the molecule is COc1cccc(CSc2nc3ccccc3c(=O)n2-c2ccccc2C)c1. The molecular formula is C23H20N2O2S. The minimum Gasteiger partial charge on any atom is -0.497 e. The van der Waals surface area contributed by atoms with E-state index in [1.165, 1.54) is 0 Å². The van der Waals surface area contributed by atoms with Crippen LogP contribution >= 0.6 is 11.8 Å². The Kier molecular flexibility index (Phi) is 5.17. The number of nitrogens with zero attached hydrogens (tertiary/aromatic N) is 2. The standard InChI is InChI=1S/C23H20N2O2S/c1-16-8-3-6-13-21(16)25-22(26)19-11-4-5-12-20(19)24-23(25)28-15-17-9-7-10-18(14-17)27-2/h3-14H,15H2,1-2H3. The Hall–Kier alpha value is -3.05. The number of benzene rings is 3. The Labute approximate surface area is 167 Å². The Bertz CT molecular complexity index is 1200. The van der Waals surface area contributed by atoms with E-state index in [1.54, 1.807) is 23.4 Å². The van der Waals surface area contributed by atoms with Crippen molar-refractivity contribution in [1.82, 2.24) is 9.55 Å². The van der Waals surface area contributed by atoms with Crippen molar-refractivity contribution in [3.05, 3.63) is 94.3 Å². The summed E-state index contributed by atoms with van der Waals surface area (Å²) in [4.78, 5) is 18.1. The zero-order valence-corrected chi connectivity index (χ0v) is 16.6. The van der Waals surface area contributed by atoms with Crippen LogP contribution in [0.1, 0.15) is 11.1 Å². The summed E-state index contributed by atoms with van der Waals surface area (Å²) in [6.07, 6.45) is 0. The second-order valence-corrected chi connectivity index (χ2v) is 7.42. The van der Waals surface area contributed by atoms with Crippen LogP contribution in [0, 0.1) is 6.92 Å². The molecule has 0 aliphatic rings. The van der Waals surface area contributed by atoms with Gasteiger partial charge in [0, 0.05) is 5.75 Å². The maximum Gasteiger partial charge on any atom is 0.266 e. The van der Waals surface area contributed by atoms with Gasteiger partial charge in [0.15, 0.2) is 5.16 Å². The van der Waals surface area contributed by atoms with Gasteiger partial charge in [-0.05, 0) is 48.4 Å². The lowest BCUT2D eigenvalue weighted by atomic mass is 10.2. The average Bonchev–Trinajstić information content (AvgIpc) is 2.73. The summed E-state index contributed by atoms with van der Waals surface area (Å²) < 4.78 is 7.04. The summed E-state index contributed by atoms with van der Waals surface area (Å²) in [5, 5.41) is 1.30. The van der Waals surface area contributed by atoms with Gasteiger partial charge in [0.05, 0.1) is 23.7 Å². The molecule has 0 fully saturated rings. The van der Waals surface area contributed by atoms with Crippen LogP contribution in [0.2, 0.25) is 0 Å². The molecule has 1 heterocycles. The first-order valence-corrected chi connectivity index (χ1v) is 9.99. The van der Waals surface area contributed by atoms with Crippen molar-refractivity contribution in [2.24, 2.45) is 0 Å². The topological polar surface area (TPSA) is 44.1 Å². The van der Waals surface area contributed by atoms with Gasteiger partial charge in [-0.1, -0.05) is 54.2 Å². The lowest BCUT2D eigenvalue weighted by Crippen LogP contribution is -2.22. The molecule has 0 spiro atoms. The zero-order chi connectivity index (χ0) is 19.5. The highest BCUT2D eigenvalue weighted by atomic mass is 32.2. The highest BCUT2D eigenvalue weighted by Crippen LogP contribution is 2.27. The Balaban J connectivity index is 1.83. The third kappa shape index (κ3) is 3.53. The summed E-state index contributed by atoms with van der Waals surface area (Å²) in [6, 6.07) is 23.3. The normalized spacial score (nSPS) is 10.9. The highest BCUT2D eigenvalue weighted by molar-refractivity contribution is 7.98. The average molecular weight is 388 g/mol. The molecule has 4 nitrogen and oxygen atoms in total. The lowest BCUT2D eigenvalue weighted by molar-refractivity contribution is 0.414. The van der Waals surface area contributed by atoms with E-state index in [-0.39, 0.29) is 5.56 Å². The molecule has 4 rings (SSSR count). The maximum atomic E-state index is 13.3. The molecule has 1 aromatic heterocycles. The number of aryl methyl sites for hydroxylation is 1. The van der Waals surface area contributed by atoms with Crippen molar-refractivity contribution >= 4 is 22.7 Å². The van der Waals surface area contributed by atoms with Crippen LogP contribution < -0.4 is 10.3 Å². The van der Waals surface area contributed by atoms with Gasteiger partial charge in [-0.25, -0.2) is 4.98 Å². The summed E-state index contributed by atoms with van der Waals surface area (Å²) in [7, 11) is 1.66. The van der Waals surface area contributed by atoms with E-state index in [9.17, 15) is 4.79 Å². The van der Waals surface area contributed by atoms with Crippen molar-refractivity contribution in [2.75, 3.05) is 7.11 Å². The molecule has 0 amide bonds. The molecule has 0 bridgehead atoms. The number of aromatic nitrogens is 2. The molecule has 28 heavy (non-hydrogen) atoms. The smallest absolute Gasteiger partial charge is 0.266 e. The number of fused-ring (bicyclic) bond motifs is 1. The molecule has 3 aromatic carbocycles. The quantitative estimate of drug-likeness (QED) is 0.357. The molecule has 5 heteroatoms. The summed E-state index contributed by atoms with van der Waals surface area (Å²) in [5.74, 6) is 1.51. The summed E-state index contributed by atoms with van der Waals surface area (Å²) in [5.41, 5.74) is 3.67. The minimum atomic E-state index is -0.0481. The van der Waals surface area contributed by atoms with Gasteiger partial charge in [0.2, 0.25) is 0 Å². The van der Waals surface area contributed by atoms with Crippen LogP contribution in [0.5, 0.6) is 5.75 Å². The highest BCUT2D eigenvalue weighted by Gasteiger charge is 2.14. The van der Waals surface area contributed by atoms with E-state index >= 15 is 0 Å². The molecule has 0 unspecified atom stereocenters. The largest absolute Gasteiger partial charge is 0.497 e. The first kappa shape index (κ1) is 18.3. The summed E-state index contributed by atoms with van der Waals surface area (Å²) >= 11 is 1.55. The van der Waals surface area contributed by atoms with Gasteiger partial charge in [-0.15, -0.1) is 0 Å². The number of ether oxygens (including phenoxy) is 1. The van der Waals surface area contributed by atoms with Crippen LogP contribution in [0.3, 0.4) is 0 Å². The number of methoxy groups -OCH3 is 1. The van der Waals surface area contributed by atoms with Crippen molar-refractivity contribution < 1.29 is 4.74 Å². The number of hydrogen-bond acceptors (Lipinski definition) is 4. The minimum absolute atomic E-state index is 0.0481. The second kappa shape index (κ2) is 7.90. The molecule has 0 saturated heterocycles. The lowest BCUT2D eigenvalue weighted by Gasteiger charge is -2.15. The van der Waals surface area contributed by atoms with E-state index in [4.69, 9.17) is 9.72 Å². The van der Waals surface area contributed by atoms with Crippen molar-refractivity contribution in [1.29, 1.82) is 0 Å². The summed E-state index contributed by atoms with van der Waals surface area (Å²) in [6.45, 7) is 2.01. The third-order valence-electron chi connectivity index (χ3n) is 4.60. The number of thioether (sulfide) groups is 1. The number of para-hydroxylation sites is 2. The first-order valence-electron chi connectivity index (χ1n) is 9.01. The second-order valence-electron chi connectivity index (χ2n) is 6.48. The Morgan fingerprint density at radius 1 is 1.00 bits per heavy atom. The molecule has 0 aliphatic heterocycles. The van der Waals surface area contributed by atoms with E-state index < -0.39 is 0 Å². The predicted octanol–water partition coefficient (Wildman–Crippen LogP) is 5.00. The van der Waals surface area contributed by atoms with Gasteiger partial charge in [-0.2, -0.15) is 0 Å². The van der Waals surface area contributed by atoms with Crippen LogP contribution in [0.15, 0.2) is 82.7 Å². The van der Waals surface area contributed by atoms with Crippen molar-refractivity contribution in [2.45, 2.75) is 17.8 Å². The molecule has 0 saturated carbocycles. The fraction of sp³-hybridized carbons (Fsp3) is 0.130. The van der Waals surface area contributed by atoms with E-state index in [2.05, 4.69) is 0 Å². The van der Waals surface area contributed by atoms with Gasteiger partial charge in [0.25, 0.3) is 5.56 Å². The fourth-order valence-electron chi connectivity index (χ4n) is 3.15. The van der Waals surface area contributed by atoms with E-state index in [1.807, 2.05) is 79.7 Å². The molecule has 0 radical (unpaired) electrons. The Morgan fingerprint density at radius 2 is 1.79 bits per heavy atom. The van der Waals surface area contributed by atoms with E-state index in [0.717, 1.165) is 22.6 Å². The molecule has 4 aromatic rings. The molecule has 140 valence electrons. The van der Waals surface area contributed by atoms with Gasteiger partial charge in [-0.3, -0.25) is 9.36 Å². The van der Waals surface area contributed by atoms with Gasteiger partial charge >= 0.3 is 0 Å². The third-order valence-corrected chi connectivity index (χ3v) is 5.61. The van der Waals surface area contributed by atoms with Gasteiger partial charge < -0.3 is 4.74 Å².